The van der Waals surface area contributed by atoms with Crippen LogP contribution in [0.15, 0.2) is 11.1 Å². The molecule has 0 bridgehead atoms. The summed E-state index contributed by atoms with van der Waals surface area (Å²) < 4.78 is 28.7. The summed E-state index contributed by atoms with van der Waals surface area (Å²) in [4.78, 5) is 0.0796. The number of nitrogens with zero attached hydrogens (tertiary/aromatic N) is 2. The minimum atomic E-state index is -3.56. The van der Waals surface area contributed by atoms with Crippen molar-refractivity contribution in [3.8, 4) is 0 Å². The van der Waals surface area contributed by atoms with Gasteiger partial charge < -0.3 is 5.73 Å². The Morgan fingerprint density at radius 2 is 2.11 bits per heavy atom. The van der Waals surface area contributed by atoms with Gasteiger partial charge in [-0.1, -0.05) is 19.8 Å². The number of rotatable bonds is 5. The Morgan fingerprint density at radius 1 is 1.47 bits per heavy atom. The van der Waals surface area contributed by atoms with Crippen LogP contribution in [0.5, 0.6) is 0 Å². The highest BCUT2D eigenvalue weighted by Gasteiger charge is 2.31. The van der Waals surface area contributed by atoms with Crippen LogP contribution in [0, 0.1) is 5.41 Å². The van der Waals surface area contributed by atoms with Crippen LogP contribution in [-0.4, -0.2) is 24.7 Å². The number of nitrogen functional groups attached to an aromatic ring is 1. The monoisotopic (exact) mass is 286 g/mol. The summed E-state index contributed by atoms with van der Waals surface area (Å²) in [6, 6.07) is 0. The highest BCUT2D eigenvalue weighted by atomic mass is 32.2. The van der Waals surface area contributed by atoms with Gasteiger partial charge in [0, 0.05) is 19.3 Å². The molecular weight excluding hydrogens is 264 g/mol. The fourth-order valence-corrected chi connectivity index (χ4v) is 3.81. The lowest BCUT2D eigenvalue weighted by atomic mass is 9.89. The second-order valence-corrected chi connectivity index (χ2v) is 7.31. The quantitative estimate of drug-likeness (QED) is 0.854. The van der Waals surface area contributed by atoms with Gasteiger partial charge in [-0.2, -0.15) is 5.10 Å². The molecule has 108 valence electrons. The Hall–Kier alpha value is -1.08. The third-order valence-corrected chi connectivity index (χ3v) is 5.29. The van der Waals surface area contributed by atoms with E-state index in [-0.39, 0.29) is 16.1 Å². The van der Waals surface area contributed by atoms with Crippen LogP contribution >= 0.6 is 0 Å². The highest BCUT2D eigenvalue weighted by Crippen LogP contribution is 2.37. The summed E-state index contributed by atoms with van der Waals surface area (Å²) in [6.45, 7) is 5.07. The van der Waals surface area contributed by atoms with Gasteiger partial charge in [0.25, 0.3) is 0 Å². The summed E-state index contributed by atoms with van der Waals surface area (Å²) in [6.07, 6.45) is 5.97. The lowest BCUT2D eigenvalue weighted by Crippen LogP contribution is -2.34. The van der Waals surface area contributed by atoms with Gasteiger partial charge >= 0.3 is 0 Å². The van der Waals surface area contributed by atoms with Gasteiger partial charge in [0.2, 0.25) is 10.0 Å². The molecule has 1 aliphatic rings. The van der Waals surface area contributed by atoms with E-state index in [4.69, 9.17) is 5.73 Å². The standard InChI is InChI=1S/C12H22N4O2S/c1-3-16-8-10(11(13)15-16)19(17,18)14-9-12(2)6-4-5-7-12/h8,14H,3-7,9H2,1-2H3,(H2,13,15). The minimum absolute atomic E-state index is 0.0610. The Balaban J connectivity index is 2.11. The smallest absolute Gasteiger partial charge is 0.245 e. The zero-order valence-electron chi connectivity index (χ0n) is 11.5. The van der Waals surface area contributed by atoms with Gasteiger partial charge in [-0.3, -0.25) is 4.68 Å². The van der Waals surface area contributed by atoms with E-state index >= 15 is 0 Å². The fourth-order valence-electron chi connectivity index (χ4n) is 2.54. The summed E-state index contributed by atoms with van der Waals surface area (Å²) in [5.41, 5.74) is 5.74. The van der Waals surface area contributed by atoms with Crippen LogP contribution in [0.25, 0.3) is 0 Å². The first-order valence-electron chi connectivity index (χ1n) is 6.69. The van der Waals surface area contributed by atoms with Crippen molar-refractivity contribution in [2.45, 2.75) is 51.0 Å². The van der Waals surface area contributed by atoms with E-state index in [1.165, 1.54) is 23.7 Å². The first-order valence-corrected chi connectivity index (χ1v) is 8.17. The topological polar surface area (TPSA) is 90.0 Å². The van der Waals surface area contributed by atoms with E-state index in [9.17, 15) is 8.42 Å². The van der Waals surface area contributed by atoms with Crippen molar-refractivity contribution in [2.75, 3.05) is 12.3 Å². The molecule has 1 aliphatic carbocycles. The maximum Gasteiger partial charge on any atom is 0.245 e. The largest absolute Gasteiger partial charge is 0.381 e. The molecule has 1 heterocycles. The molecule has 1 saturated carbocycles. The zero-order valence-corrected chi connectivity index (χ0v) is 12.3. The first kappa shape index (κ1) is 14.3. The van der Waals surface area contributed by atoms with Gasteiger partial charge in [0.15, 0.2) is 5.82 Å². The molecule has 19 heavy (non-hydrogen) atoms. The Morgan fingerprint density at radius 3 is 2.63 bits per heavy atom. The molecule has 1 fully saturated rings. The number of aromatic nitrogens is 2. The molecule has 7 heteroatoms. The van der Waals surface area contributed by atoms with Gasteiger partial charge in [-0.25, -0.2) is 13.1 Å². The van der Waals surface area contributed by atoms with Crippen LogP contribution in [0.2, 0.25) is 0 Å². The molecule has 0 aromatic carbocycles. The molecule has 0 atom stereocenters. The van der Waals surface area contributed by atoms with Crippen LogP contribution in [-0.2, 0) is 16.6 Å². The zero-order chi connectivity index (χ0) is 14.1. The van der Waals surface area contributed by atoms with Crippen LogP contribution < -0.4 is 10.5 Å². The molecule has 0 saturated heterocycles. The molecule has 0 unspecified atom stereocenters. The SMILES string of the molecule is CCn1cc(S(=O)(=O)NCC2(C)CCCC2)c(N)n1. The summed E-state index contributed by atoms with van der Waals surface area (Å²) >= 11 is 0. The van der Waals surface area contributed by atoms with Crippen molar-refractivity contribution in [3.63, 3.8) is 0 Å². The van der Waals surface area contributed by atoms with Crippen molar-refractivity contribution < 1.29 is 8.42 Å². The summed E-state index contributed by atoms with van der Waals surface area (Å²) in [7, 11) is -3.56. The second kappa shape index (κ2) is 5.13. The average molecular weight is 286 g/mol. The number of sulfonamides is 1. The number of nitrogens with one attached hydrogen (secondary N) is 1. The fraction of sp³-hybridized carbons (Fsp3) is 0.750. The molecule has 2 rings (SSSR count). The Kier molecular flexibility index (Phi) is 3.87. The molecule has 3 N–H and O–H groups in total. The summed E-state index contributed by atoms with van der Waals surface area (Å²) in [5.74, 6) is 0.0610. The normalized spacial score (nSPS) is 18.8. The van der Waals surface area contributed by atoms with E-state index in [1.807, 2.05) is 6.92 Å². The molecule has 0 spiro atoms. The third kappa shape index (κ3) is 3.09. The van der Waals surface area contributed by atoms with Gasteiger partial charge in [0.1, 0.15) is 4.90 Å². The van der Waals surface area contributed by atoms with E-state index in [1.54, 1.807) is 0 Å². The third-order valence-electron chi connectivity index (χ3n) is 3.87. The van der Waals surface area contributed by atoms with Gasteiger partial charge in [0.05, 0.1) is 0 Å². The van der Waals surface area contributed by atoms with E-state index < -0.39 is 10.0 Å². The van der Waals surface area contributed by atoms with E-state index in [2.05, 4.69) is 16.7 Å². The number of anilines is 1. The van der Waals surface area contributed by atoms with Crippen molar-refractivity contribution in [3.05, 3.63) is 6.20 Å². The molecule has 0 amide bonds. The van der Waals surface area contributed by atoms with Gasteiger partial charge in [-0.05, 0) is 25.2 Å². The Labute approximate surface area is 114 Å². The Bertz CT molecular complexity index is 544. The van der Waals surface area contributed by atoms with Gasteiger partial charge in [-0.15, -0.1) is 0 Å². The number of hydrogen-bond acceptors (Lipinski definition) is 4. The lowest BCUT2D eigenvalue weighted by molar-refractivity contribution is 0.336. The molecule has 1 aromatic heterocycles. The number of nitrogens with two attached hydrogens (primary N) is 1. The van der Waals surface area contributed by atoms with Crippen LogP contribution in [0.4, 0.5) is 5.82 Å². The second-order valence-electron chi connectivity index (χ2n) is 5.58. The lowest BCUT2D eigenvalue weighted by Gasteiger charge is -2.23. The molecule has 1 aromatic rings. The molecule has 0 radical (unpaired) electrons. The molecular formula is C12H22N4O2S. The van der Waals surface area contributed by atoms with Crippen molar-refractivity contribution in [1.29, 1.82) is 0 Å². The number of aryl methyl sites for hydroxylation is 1. The summed E-state index contributed by atoms with van der Waals surface area (Å²) in [5, 5.41) is 3.97. The molecule has 6 nitrogen and oxygen atoms in total. The van der Waals surface area contributed by atoms with E-state index in [0.29, 0.717) is 13.1 Å². The average Bonchev–Trinajstić information content (AvgIpc) is 2.94. The maximum absolute atomic E-state index is 12.2. The van der Waals surface area contributed by atoms with Crippen molar-refractivity contribution in [1.82, 2.24) is 14.5 Å². The van der Waals surface area contributed by atoms with E-state index in [0.717, 1.165) is 12.8 Å². The van der Waals surface area contributed by atoms with Crippen LogP contribution in [0.1, 0.15) is 39.5 Å². The maximum atomic E-state index is 12.2. The highest BCUT2D eigenvalue weighted by molar-refractivity contribution is 7.89. The predicted octanol–water partition coefficient (Wildman–Crippen LogP) is 1.34. The van der Waals surface area contributed by atoms with Crippen molar-refractivity contribution >= 4 is 15.8 Å². The first-order chi connectivity index (χ1) is 8.86. The number of hydrogen-bond donors (Lipinski definition) is 2. The van der Waals surface area contributed by atoms with Crippen LogP contribution in [0.3, 0.4) is 0 Å². The molecule has 0 aliphatic heterocycles. The minimum Gasteiger partial charge on any atom is -0.381 e. The predicted molar refractivity (Wildman–Crippen MR) is 74.1 cm³/mol. The van der Waals surface area contributed by atoms with Crippen molar-refractivity contribution in [2.24, 2.45) is 5.41 Å².